The van der Waals surface area contributed by atoms with Crippen molar-refractivity contribution < 1.29 is 14.6 Å². The van der Waals surface area contributed by atoms with E-state index in [0.29, 0.717) is 11.1 Å². The molecule has 2 rings (SSSR count). The minimum Gasteiger partial charge on any atom is -0.496 e. The van der Waals surface area contributed by atoms with Gasteiger partial charge in [-0.05, 0) is 6.07 Å². The quantitative estimate of drug-likeness (QED) is 0.940. The highest BCUT2D eigenvalue weighted by Crippen LogP contribution is 2.42. The molecule has 0 saturated heterocycles. The minimum absolute atomic E-state index is 0.140. The van der Waals surface area contributed by atoms with Gasteiger partial charge < -0.3 is 14.7 Å². The van der Waals surface area contributed by atoms with Gasteiger partial charge in [-0.15, -0.1) is 11.3 Å². The minimum atomic E-state index is -1.02. The molecule has 0 aliphatic rings. The summed E-state index contributed by atoms with van der Waals surface area (Å²) in [6, 6.07) is 3.74. The Morgan fingerprint density at radius 2 is 2.11 bits per heavy atom. The molecule has 0 fully saturated rings. The second-order valence-corrected chi connectivity index (χ2v) is 5.40. The van der Waals surface area contributed by atoms with E-state index in [1.165, 1.54) is 0 Å². The van der Waals surface area contributed by atoms with Crippen LogP contribution < -0.4 is 9.64 Å². The fraction of sp³-hybridized carbons (Fsp3) is 0.250. The predicted octanol–water partition coefficient (Wildman–Crippen LogP) is 3.33. The number of carboxylic acid groups (broad SMARTS) is 1. The van der Waals surface area contributed by atoms with Crippen LogP contribution in [0, 0.1) is 0 Å². The fourth-order valence-corrected chi connectivity index (χ4v) is 3.13. The molecule has 1 aromatic carbocycles. The number of hydrogen-bond donors (Lipinski definition) is 1. The summed E-state index contributed by atoms with van der Waals surface area (Å²) in [6.07, 6.45) is 0. The first-order chi connectivity index (χ1) is 8.45. The summed E-state index contributed by atoms with van der Waals surface area (Å²) in [5.74, 6) is -0.431. The number of carbonyl (C=O) groups is 1. The summed E-state index contributed by atoms with van der Waals surface area (Å²) in [4.78, 5) is 13.2. The average molecular weight is 286 g/mol. The number of hydrogen-bond acceptors (Lipinski definition) is 4. The van der Waals surface area contributed by atoms with E-state index >= 15 is 0 Å². The van der Waals surface area contributed by atoms with Crippen LogP contribution >= 0.6 is 22.9 Å². The maximum atomic E-state index is 11.1. The molecule has 2 aromatic rings. The van der Waals surface area contributed by atoms with Crippen molar-refractivity contribution in [3.8, 4) is 5.75 Å². The van der Waals surface area contributed by atoms with Gasteiger partial charge in [-0.1, -0.05) is 11.6 Å². The summed E-state index contributed by atoms with van der Waals surface area (Å²) in [7, 11) is 5.37. The van der Waals surface area contributed by atoms with E-state index in [1.54, 1.807) is 7.11 Å². The van der Waals surface area contributed by atoms with Gasteiger partial charge in [0.05, 0.1) is 17.5 Å². The van der Waals surface area contributed by atoms with Crippen LogP contribution in [0.15, 0.2) is 12.1 Å². The van der Waals surface area contributed by atoms with Gasteiger partial charge in [0.25, 0.3) is 0 Å². The van der Waals surface area contributed by atoms with Crippen molar-refractivity contribution in [1.29, 1.82) is 0 Å². The average Bonchev–Trinajstić information content (AvgIpc) is 2.66. The fourth-order valence-electron chi connectivity index (χ4n) is 1.70. The van der Waals surface area contributed by atoms with Gasteiger partial charge in [-0.3, -0.25) is 0 Å². The molecular formula is C12H12ClNO3S. The van der Waals surface area contributed by atoms with Crippen molar-refractivity contribution in [1.82, 2.24) is 0 Å². The number of carboxylic acids is 1. The highest BCUT2D eigenvalue weighted by Gasteiger charge is 2.20. The maximum Gasteiger partial charge on any atom is 0.347 e. The number of ether oxygens (including phenoxy) is 1. The molecule has 0 saturated carbocycles. The van der Waals surface area contributed by atoms with Crippen molar-refractivity contribution in [3.05, 3.63) is 22.0 Å². The molecule has 1 N–H and O–H groups in total. The van der Waals surface area contributed by atoms with Gasteiger partial charge in [0.15, 0.2) is 0 Å². The summed E-state index contributed by atoms with van der Waals surface area (Å²) in [5.41, 5.74) is 0.939. The third kappa shape index (κ3) is 2.00. The first kappa shape index (κ1) is 13.0. The van der Waals surface area contributed by atoms with Crippen LogP contribution in [0.3, 0.4) is 0 Å². The van der Waals surface area contributed by atoms with Gasteiger partial charge in [-0.25, -0.2) is 4.79 Å². The van der Waals surface area contributed by atoms with Gasteiger partial charge in [0, 0.05) is 30.5 Å². The number of halogens is 1. The molecule has 18 heavy (non-hydrogen) atoms. The summed E-state index contributed by atoms with van der Waals surface area (Å²) >= 11 is 7.26. The van der Waals surface area contributed by atoms with Crippen LogP contribution in [0.4, 0.5) is 5.69 Å². The molecule has 0 aliphatic carbocycles. The first-order valence-corrected chi connectivity index (χ1v) is 6.35. The number of rotatable bonds is 3. The zero-order chi connectivity index (χ0) is 13.4. The Hall–Kier alpha value is -1.46. The number of nitrogens with zero attached hydrogens (tertiary/aromatic N) is 1. The highest BCUT2D eigenvalue weighted by molar-refractivity contribution is 7.21. The Bertz CT molecular complexity index is 621. The van der Waals surface area contributed by atoms with Crippen molar-refractivity contribution >= 4 is 44.7 Å². The van der Waals surface area contributed by atoms with E-state index in [9.17, 15) is 4.79 Å². The van der Waals surface area contributed by atoms with Crippen molar-refractivity contribution in [3.63, 3.8) is 0 Å². The van der Waals surface area contributed by atoms with Crippen LogP contribution in [0.25, 0.3) is 10.1 Å². The van der Waals surface area contributed by atoms with Crippen molar-refractivity contribution in [2.75, 3.05) is 26.1 Å². The van der Waals surface area contributed by atoms with E-state index in [2.05, 4.69) is 0 Å². The van der Waals surface area contributed by atoms with E-state index < -0.39 is 5.97 Å². The van der Waals surface area contributed by atoms with Crippen LogP contribution in [-0.4, -0.2) is 32.3 Å². The number of aromatic carboxylic acids is 1. The predicted molar refractivity (Wildman–Crippen MR) is 74.7 cm³/mol. The number of fused-ring (bicyclic) bond motifs is 1. The third-order valence-corrected chi connectivity index (χ3v) is 4.23. The van der Waals surface area contributed by atoms with Crippen LogP contribution in [0.2, 0.25) is 5.02 Å². The number of anilines is 1. The molecule has 1 heterocycles. The number of methoxy groups -OCH3 is 1. The number of thiophene rings is 1. The zero-order valence-corrected chi connectivity index (χ0v) is 11.7. The monoisotopic (exact) mass is 285 g/mol. The molecule has 4 nitrogen and oxygen atoms in total. The Kier molecular flexibility index (Phi) is 3.36. The van der Waals surface area contributed by atoms with Crippen LogP contribution in [0.1, 0.15) is 9.67 Å². The summed E-state index contributed by atoms with van der Waals surface area (Å²) in [5, 5.41) is 9.98. The van der Waals surface area contributed by atoms with E-state index in [-0.39, 0.29) is 9.90 Å². The van der Waals surface area contributed by atoms with Crippen LogP contribution in [0.5, 0.6) is 5.75 Å². The standard InChI is InChI=1S/C12H12ClNO3S/c1-14(2)6-4-7(17-3)9-8(5-6)18-11(10(9)13)12(15)16/h4-5H,1-3H3,(H,15,16). The number of benzene rings is 1. The topological polar surface area (TPSA) is 49.8 Å². The van der Waals surface area contributed by atoms with Crippen LogP contribution in [-0.2, 0) is 0 Å². The van der Waals surface area contributed by atoms with E-state index in [0.717, 1.165) is 21.7 Å². The third-order valence-electron chi connectivity index (χ3n) is 2.61. The lowest BCUT2D eigenvalue weighted by atomic mass is 10.2. The molecule has 0 unspecified atom stereocenters. The summed E-state index contributed by atoms with van der Waals surface area (Å²) < 4.78 is 6.10. The second-order valence-electron chi connectivity index (χ2n) is 3.97. The molecule has 0 atom stereocenters. The Morgan fingerprint density at radius 1 is 1.44 bits per heavy atom. The molecular weight excluding hydrogens is 274 g/mol. The van der Waals surface area contributed by atoms with Gasteiger partial charge >= 0.3 is 5.97 Å². The Labute approximate surface area is 113 Å². The molecule has 0 bridgehead atoms. The van der Waals surface area contributed by atoms with E-state index in [4.69, 9.17) is 21.4 Å². The SMILES string of the molecule is COc1cc(N(C)C)cc2sc(C(=O)O)c(Cl)c12. The molecule has 6 heteroatoms. The molecule has 96 valence electrons. The molecule has 0 amide bonds. The van der Waals surface area contributed by atoms with Gasteiger partial charge in [0.1, 0.15) is 10.6 Å². The molecule has 1 aromatic heterocycles. The normalized spacial score (nSPS) is 10.7. The Morgan fingerprint density at radius 3 is 2.61 bits per heavy atom. The van der Waals surface area contributed by atoms with E-state index in [1.807, 2.05) is 31.1 Å². The van der Waals surface area contributed by atoms with Crippen molar-refractivity contribution in [2.24, 2.45) is 0 Å². The molecule has 0 spiro atoms. The smallest absolute Gasteiger partial charge is 0.347 e. The zero-order valence-electron chi connectivity index (χ0n) is 10.2. The second kappa shape index (κ2) is 4.66. The lowest BCUT2D eigenvalue weighted by molar-refractivity contribution is 0.0702. The van der Waals surface area contributed by atoms with Crippen molar-refractivity contribution in [2.45, 2.75) is 0 Å². The highest BCUT2D eigenvalue weighted by atomic mass is 35.5. The lowest BCUT2D eigenvalue weighted by Crippen LogP contribution is -2.08. The summed E-state index contributed by atoms with van der Waals surface area (Å²) in [6.45, 7) is 0. The van der Waals surface area contributed by atoms with Gasteiger partial charge in [-0.2, -0.15) is 0 Å². The maximum absolute atomic E-state index is 11.1. The first-order valence-electron chi connectivity index (χ1n) is 5.16. The van der Waals surface area contributed by atoms with Gasteiger partial charge in [0.2, 0.25) is 0 Å². The largest absolute Gasteiger partial charge is 0.496 e. The lowest BCUT2D eigenvalue weighted by Gasteiger charge is -2.14. The molecule has 0 radical (unpaired) electrons. The molecule has 0 aliphatic heterocycles. The Balaban J connectivity index is 2.80.